The molecular weight excluding hydrogens is 322 g/mol. The quantitative estimate of drug-likeness (QED) is 0.678. The molecule has 0 saturated carbocycles. The Bertz CT molecular complexity index is 753. The van der Waals surface area contributed by atoms with Crippen molar-refractivity contribution in [1.82, 2.24) is 9.97 Å². The zero-order chi connectivity index (χ0) is 17.8. The average molecular weight is 341 g/mol. The number of aromatic nitrogens is 2. The summed E-state index contributed by atoms with van der Waals surface area (Å²) in [6.07, 6.45) is 5.40. The maximum atomic E-state index is 12.2. The first kappa shape index (κ1) is 16.8. The number of benzene rings is 1. The predicted octanol–water partition coefficient (Wildman–Crippen LogP) is 2.87. The number of hydrogen-bond donors (Lipinski definition) is 1. The van der Waals surface area contributed by atoms with Crippen LogP contribution in [0.5, 0.6) is 0 Å². The van der Waals surface area contributed by atoms with Crippen LogP contribution in [-0.4, -0.2) is 33.9 Å². The Morgan fingerprint density at radius 3 is 2.36 bits per heavy atom. The van der Waals surface area contributed by atoms with Gasteiger partial charge in [-0.15, -0.1) is 0 Å². The molecule has 8 heteroatoms. The van der Waals surface area contributed by atoms with Gasteiger partial charge in [0.15, 0.2) is 0 Å². The van der Waals surface area contributed by atoms with Crippen LogP contribution in [0.3, 0.4) is 0 Å². The predicted molar refractivity (Wildman–Crippen MR) is 93.7 cm³/mol. The summed E-state index contributed by atoms with van der Waals surface area (Å²) in [6, 6.07) is 5.42. The number of carbonyl (C=O) groups is 1. The number of piperidine rings is 1. The second-order valence-electron chi connectivity index (χ2n) is 6.20. The van der Waals surface area contributed by atoms with Crippen LogP contribution in [0, 0.1) is 16.0 Å². The smallest absolute Gasteiger partial charge is 0.269 e. The summed E-state index contributed by atoms with van der Waals surface area (Å²) in [5, 5.41) is 13.3. The Labute approximate surface area is 145 Å². The van der Waals surface area contributed by atoms with Crippen molar-refractivity contribution in [1.29, 1.82) is 0 Å². The van der Waals surface area contributed by atoms with Crippen LogP contribution in [0.25, 0.3) is 0 Å². The standard InChI is InChI=1S/C17H19N5O3/c1-12-6-8-21(9-7-12)17-18-10-14(11-19-17)20-16(23)13-2-4-15(5-3-13)22(24)25/h2-5,10-12H,6-9H2,1H3,(H,20,23). The molecule has 3 rings (SSSR count). The molecule has 0 spiro atoms. The summed E-state index contributed by atoms with van der Waals surface area (Å²) in [5.74, 6) is 1.04. The van der Waals surface area contributed by atoms with E-state index < -0.39 is 4.92 Å². The molecule has 25 heavy (non-hydrogen) atoms. The number of nitro groups is 1. The highest BCUT2D eigenvalue weighted by molar-refractivity contribution is 6.04. The van der Waals surface area contributed by atoms with Gasteiger partial charge in [-0.05, 0) is 30.9 Å². The number of hydrogen-bond acceptors (Lipinski definition) is 6. The second-order valence-corrected chi connectivity index (χ2v) is 6.20. The molecule has 1 aromatic carbocycles. The van der Waals surface area contributed by atoms with Crippen molar-refractivity contribution in [2.45, 2.75) is 19.8 Å². The third kappa shape index (κ3) is 4.09. The number of nitro benzene ring substituents is 1. The molecule has 2 aromatic rings. The molecule has 8 nitrogen and oxygen atoms in total. The highest BCUT2D eigenvalue weighted by Gasteiger charge is 2.18. The summed E-state index contributed by atoms with van der Waals surface area (Å²) in [7, 11) is 0. The van der Waals surface area contributed by atoms with Gasteiger partial charge in [-0.1, -0.05) is 6.92 Å². The van der Waals surface area contributed by atoms with Crippen molar-refractivity contribution in [2.75, 3.05) is 23.3 Å². The Balaban J connectivity index is 1.62. The fourth-order valence-electron chi connectivity index (χ4n) is 2.70. The number of nitrogens with zero attached hydrogens (tertiary/aromatic N) is 4. The first-order chi connectivity index (χ1) is 12.0. The maximum absolute atomic E-state index is 12.2. The monoisotopic (exact) mass is 341 g/mol. The fraction of sp³-hybridized carbons (Fsp3) is 0.353. The summed E-state index contributed by atoms with van der Waals surface area (Å²) in [6.45, 7) is 4.13. The van der Waals surface area contributed by atoms with Gasteiger partial charge in [0.1, 0.15) is 0 Å². The fourth-order valence-corrected chi connectivity index (χ4v) is 2.70. The van der Waals surface area contributed by atoms with E-state index >= 15 is 0 Å². The lowest BCUT2D eigenvalue weighted by Gasteiger charge is -2.30. The first-order valence-corrected chi connectivity index (χ1v) is 8.16. The molecule has 0 atom stereocenters. The third-order valence-corrected chi connectivity index (χ3v) is 4.30. The van der Waals surface area contributed by atoms with Crippen molar-refractivity contribution in [3.8, 4) is 0 Å². The molecule has 0 radical (unpaired) electrons. The van der Waals surface area contributed by atoms with E-state index in [1.165, 1.54) is 24.3 Å². The zero-order valence-electron chi connectivity index (χ0n) is 13.9. The highest BCUT2D eigenvalue weighted by atomic mass is 16.6. The Kier molecular flexibility index (Phi) is 4.87. The van der Waals surface area contributed by atoms with Crippen LogP contribution in [0.15, 0.2) is 36.7 Å². The molecule has 1 aromatic heterocycles. The molecule has 1 aliphatic heterocycles. The summed E-state index contributed by atoms with van der Waals surface area (Å²) in [4.78, 5) is 33.1. The van der Waals surface area contributed by atoms with Crippen LogP contribution in [0.2, 0.25) is 0 Å². The van der Waals surface area contributed by atoms with Gasteiger partial charge in [0, 0.05) is 30.8 Å². The SMILES string of the molecule is CC1CCN(c2ncc(NC(=O)c3ccc([N+](=O)[O-])cc3)cn2)CC1. The zero-order valence-corrected chi connectivity index (χ0v) is 13.9. The summed E-state index contributed by atoms with van der Waals surface area (Å²) in [5.41, 5.74) is 0.761. The number of nitrogens with one attached hydrogen (secondary N) is 1. The molecule has 1 N–H and O–H groups in total. The Hall–Kier alpha value is -3.03. The molecule has 1 fully saturated rings. The lowest BCUT2D eigenvalue weighted by Crippen LogP contribution is -2.34. The first-order valence-electron chi connectivity index (χ1n) is 8.16. The number of carbonyl (C=O) groups excluding carboxylic acids is 1. The molecule has 2 heterocycles. The number of anilines is 2. The molecular formula is C17H19N5O3. The number of rotatable bonds is 4. The molecule has 0 aliphatic carbocycles. The van der Waals surface area contributed by atoms with E-state index in [-0.39, 0.29) is 11.6 Å². The van der Waals surface area contributed by atoms with Crippen LogP contribution >= 0.6 is 0 Å². The van der Waals surface area contributed by atoms with Crippen LogP contribution < -0.4 is 10.2 Å². The van der Waals surface area contributed by atoms with Crippen LogP contribution in [0.4, 0.5) is 17.3 Å². The van der Waals surface area contributed by atoms with E-state index in [2.05, 4.69) is 27.1 Å². The number of non-ortho nitro benzene ring substituents is 1. The van der Waals surface area contributed by atoms with Crippen molar-refractivity contribution >= 4 is 23.2 Å². The van der Waals surface area contributed by atoms with Crippen LogP contribution in [0.1, 0.15) is 30.1 Å². The van der Waals surface area contributed by atoms with Crippen molar-refractivity contribution in [2.24, 2.45) is 5.92 Å². The second kappa shape index (κ2) is 7.25. The van der Waals surface area contributed by atoms with Gasteiger partial charge in [0.25, 0.3) is 11.6 Å². The largest absolute Gasteiger partial charge is 0.341 e. The lowest BCUT2D eigenvalue weighted by atomic mass is 10.00. The molecule has 130 valence electrons. The van der Waals surface area contributed by atoms with Gasteiger partial charge in [0.05, 0.1) is 23.0 Å². The molecule has 1 saturated heterocycles. The summed E-state index contributed by atoms with van der Waals surface area (Å²) >= 11 is 0. The van der Waals surface area contributed by atoms with Crippen molar-refractivity contribution in [3.63, 3.8) is 0 Å². The minimum absolute atomic E-state index is 0.0555. The molecule has 0 unspecified atom stereocenters. The molecule has 1 aliphatic rings. The Morgan fingerprint density at radius 1 is 1.20 bits per heavy atom. The van der Waals surface area contributed by atoms with E-state index in [0.29, 0.717) is 17.2 Å². The molecule has 0 bridgehead atoms. The lowest BCUT2D eigenvalue weighted by molar-refractivity contribution is -0.384. The maximum Gasteiger partial charge on any atom is 0.269 e. The van der Waals surface area contributed by atoms with Gasteiger partial charge in [-0.25, -0.2) is 9.97 Å². The van der Waals surface area contributed by atoms with E-state index in [1.807, 2.05) is 0 Å². The minimum Gasteiger partial charge on any atom is -0.341 e. The van der Waals surface area contributed by atoms with E-state index in [9.17, 15) is 14.9 Å². The number of amides is 1. The minimum atomic E-state index is -0.504. The van der Waals surface area contributed by atoms with Gasteiger partial charge in [0.2, 0.25) is 5.95 Å². The van der Waals surface area contributed by atoms with Gasteiger partial charge in [-0.2, -0.15) is 0 Å². The topological polar surface area (TPSA) is 101 Å². The molecule has 1 amide bonds. The van der Waals surface area contributed by atoms with E-state index in [0.717, 1.165) is 31.8 Å². The highest BCUT2D eigenvalue weighted by Crippen LogP contribution is 2.20. The van der Waals surface area contributed by atoms with E-state index in [1.54, 1.807) is 12.4 Å². The van der Waals surface area contributed by atoms with Gasteiger partial charge < -0.3 is 10.2 Å². The third-order valence-electron chi connectivity index (χ3n) is 4.30. The van der Waals surface area contributed by atoms with Gasteiger partial charge >= 0.3 is 0 Å². The summed E-state index contributed by atoms with van der Waals surface area (Å²) < 4.78 is 0. The normalized spacial score (nSPS) is 15.0. The van der Waals surface area contributed by atoms with E-state index in [4.69, 9.17) is 0 Å². The van der Waals surface area contributed by atoms with Crippen LogP contribution in [-0.2, 0) is 0 Å². The Morgan fingerprint density at radius 2 is 1.80 bits per heavy atom. The van der Waals surface area contributed by atoms with Crippen molar-refractivity contribution < 1.29 is 9.72 Å². The average Bonchev–Trinajstić information content (AvgIpc) is 2.63. The van der Waals surface area contributed by atoms with Crippen molar-refractivity contribution in [3.05, 3.63) is 52.3 Å². The van der Waals surface area contributed by atoms with Gasteiger partial charge in [-0.3, -0.25) is 14.9 Å².